The molecule has 10 heteroatoms. The molecule has 3 unspecified atom stereocenters. The van der Waals surface area contributed by atoms with Gasteiger partial charge in [-0.05, 0) is 88.6 Å². The summed E-state index contributed by atoms with van der Waals surface area (Å²) in [5, 5.41) is 10.3. The highest BCUT2D eigenvalue weighted by molar-refractivity contribution is 8.02. The Balaban J connectivity index is 1.55. The van der Waals surface area contributed by atoms with E-state index in [2.05, 4.69) is 38.8 Å². The lowest BCUT2D eigenvalue weighted by molar-refractivity contribution is -0.141. The Kier molecular flexibility index (Phi) is 10.9. The number of amides is 3. The van der Waals surface area contributed by atoms with Gasteiger partial charge in [-0.2, -0.15) is 0 Å². The molecule has 3 aliphatic rings. The summed E-state index contributed by atoms with van der Waals surface area (Å²) in [6, 6.07) is 13.8. The van der Waals surface area contributed by atoms with Crippen LogP contribution in [0, 0.1) is 17.8 Å². The van der Waals surface area contributed by atoms with Crippen molar-refractivity contribution in [2.45, 2.75) is 63.1 Å². The van der Waals surface area contributed by atoms with E-state index in [1.165, 1.54) is 0 Å². The van der Waals surface area contributed by atoms with E-state index in [9.17, 15) is 19.5 Å². The van der Waals surface area contributed by atoms with Gasteiger partial charge in [0.1, 0.15) is 11.8 Å². The van der Waals surface area contributed by atoms with E-state index < -0.39 is 28.7 Å². The van der Waals surface area contributed by atoms with Gasteiger partial charge in [-0.15, -0.1) is 24.9 Å². The molecule has 1 spiro atoms. The van der Waals surface area contributed by atoms with E-state index in [1.807, 2.05) is 55.5 Å². The molecule has 2 aromatic rings. The van der Waals surface area contributed by atoms with Gasteiger partial charge in [0.25, 0.3) is 5.91 Å². The molecule has 9 nitrogen and oxygen atoms in total. The monoisotopic (exact) mass is 674 g/mol. The van der Waals surface area contributed by atoms with Crippen LogP contribution in [0.3, 0.4) is 0 Å². The van der Waals surface area contributed by atoms with Gasteiger partial charge in [-0.3, -0.25) is 14.4 Å². The molecule has 0 saturated carbocycles. The maximum absolute atomic E-state index is 15.0. The molecule has 3 saturated heterocycles. The summed E-state index contributed by atoms with van der Waals surface area (Å²) in [6.45, 7) is 20.4. The van der Waals surface area contributed by atoms with Gasteiger partial charge in [0, 0.05) is 48.5 Å². The molecule has 258 valence electrons. The molecule has 2 aromatic carbocycles. The van der Waals surface area contributed by atoms with Gasteiger partial charge in [-0.1, -0.05) is 19.1 Å². The number of carbonyl (C=O) groups is 3. The zero-order chi connectivity index (χ0) is 34.7. The van der Waals surface area contributed by atoms with Gasteiger partial charge in [0.2, 0.25) is 11.8 Å². The van der Waals surface area contributed by atoms with Gasteiger partial charge in [0.15, 0.2) is 0 Å². The molecule has 3 heterocycles. The second-order valence-electron chi connectivity index (χ2n) is 12.9. The summed E-state index contributed by atoms with van der Waals surface area (Å²) in [4.78, 5) is 51.5. The van der Waals surface area contributed by atoms with Crippen LogP contribution in [0.5, 0.6) is 5.75 Å². The minimum Gasteiger partial charge on any atom is -0.494 e. The molecule has 3 aliphatic heterocycles. The number of likely N-dealkylation sites (tertiary alicyclic amines) is 1. The fourth-order valence-electron chi connectivity index (χ4n) is 8.14. The Bertz CT molecular complexity index is 1500. The SMILES string of the molecule is C=CCN(C(=O)C1N([C@H](C)CO)C(=O)[C@@H]2[C@@H](C(=O)N(CC=C)c3ccc(OCC)cc3)[C@H]3CC(C)C12S3)c1ccc(N(CC)CC)cc1. The highest BCUT2D eigenvalue weighted by Gasteiger charge is 2.76. The summed E-state index contributed by atoms with van der Waals surface area (Å²) >= 11 is 1.63. The number of hydrogen-bond donors (Lipinski definition) is 1. The Morgan fingerprint density at radius 2 is 1.52 bits per heavy atom. The first-order chi connectivity index (χ1) is 23.1. The van der Waals surface area contributed by atoms with Crippen molar-refractivity contribution in [1.82, 2.24) is 4.90 Å². The molecular formula is C38H50N4O5S. The molecule has 5 rings (SSSR count). The van der Waals surface area contributed by atoms with Crippen molar-refractivity contribution in [3.05, 3.63) is 73.8 Å². The van der Waals surface area contributed by atoms with Crippen molar-refractivity contribution < 1.29 is 24.2 Å². The lowest BCUT2D eigenvalue weighted by Crippen LogP contribution is -2.59. The van der Waals surface area contributed by atoms with Crippen LogP contribution in [0.2, 0.25) is 0 Å². The number of fused-ring (bicyclic) bond motifs is 1. The Morgan fingerprint density at radius 3 is 2.04 bits per heavy atom. The number of rotatable bonds is 15. The molecule has 7 atom stereocenters. The Labute approximate surface area is 289 Å². The maximum atomic E-state index is 15.0. The first-order valence-electron chi connectivity index (χ1n) is 17.2. The summed E-state index contributed by atoms with van der Waals surface area (Å²) in [7, 11) is 0. The fourth-order valence-corrected chi connectivity index (χ4v) is 10.5. The van der Waals surface area contributed by atoms with E-state index in [0.717, 1.165) is 18.8 Å². The number of aliphatic hydroxyl groups excluding tert-OH is 1. The van der Waals surface area contributed by atoms with Crippen LogP contribution >= 0.6 is 11.8 Å². The van der Waals surface area contributed by atoms with E-state index in [0.29, 0.717) is 30.2 Å². The third-order valence-corrected chi connectivity index (χ3v) is 12.4. The van der Waals surface area contributed by atoms with Crippen LogP contribution in [0.25, 0.3) is 0 Å². The van der Waals surface area contributed by atoms with Crippen molar-refractivity contribution in [3.63, 3.8) is 0 Å². The number of aliphatic hydroxyl groups is 1. The number of ether oxygens (including phenoxy) is 1. The van der Waals surface area contributed by atoms with Gasteiger partial charge in [-0.25, -0.2) is 0 Å². The predicted molar refractivity (Wildman–Crippen MR) is 195 cm³/mol. The molecule has 0 aromatic heterocycles. The second kappa shape index (κ2) is 14.8. The summed E-state index contributed by atoms with van der Waals surface area (Å²) in [5.74, 6) is -1.24. The van der Waals surface area contributed by atoms with E-state index in [-0.39, 0.29) is 48.6 Å². The van der Waals surface area contributed by atoms with Crippen LogP contribution in [0.1, 0.15) is 41.0 Å². The first-order valence-corrected chi connectivity index (χ1v) is 18.0. The largest absolute Gasteiger partial charge is 0.494 e. The number of benzene rings is 2. The van der Waals surface area contributed by atoms with Crippen molar-refractivity contribution in [1.29, 1.82) is 0 Å². The topological polar surface area (TPSA) is 93.6 Å². The third-order valence-electron chi connectivity index (χ3n) is 10.3. The van der Waals surface area contributed by atoms with Gasteiger partial charge < -0.3 is 29.4 Å². The number of thioether (sulfide) groups is 1. The predicted octanol–water partition coefficient (Wildman–Crippen LogP) is 5.39. The highest BCUT2D eigenvalue weighted by Crippen LogP contribution is 2.69. The van der Waals surface area contributed by atoms with E-state index >= 15 is 0 Å². The summed E-state index contributed by atoms with van der Waals surface area (Å²) in [5.41, 5.74) is 2.48. The smallest absolute Gasteiger partial charge is 0.251 e. The molecule has 0 aliphatic carbocycles. The number of anilines is 3. The highest BCUT2D eigenvalue weighted by atomic mass is 32.2. The molecule has 48 heavy (non-hydrogen) atoms. The fraction of sp³-hybridized carbons (Fsp3) is 0.500. The average molecular weight is 675 g/mol. The zero-order valence-corrected chi connectivity index (χ0v) is 29.7. The van der Waals surface area contributed by atoms with Crippen LogP contribution in [-0.2, 0) is 14.4 Å². The van der Waals surface area contributed by atoms with Crippen LogP contribution in [0.4, 0.5) is 17.1 Å². The minimum atomic E-state index is -0.860. The molecular weight excluding hydrogens is 625 g/mol. The quantitative estimate of drug-likeness (QED) is 0.254. The van der Waals surface area contributed by atoms with E-state index in [4.69, 9.17) is 4.74 Å². The zero-order valence-electron chi connectivity index (χ0n) is 28.9. The molecule has 2 bridgehead atoms. The van der Waals surface area contributed by atoms with Gasteiger partial charge in [0.05, 0.1) is 35.8 Å². The lowest BCUT2D eigenvalue weighted by atomic mass is 9.65. The van der Waals surface area contributed by atoms with Crippen molar-refractivity contribution in [3.8, 4) is 5.75 Å². The van der Waals surface area contributed by atoms with Gasteiger partial charge >= 0.3 is 0 Å². The molecule has 3 amide bonds. The number of hydrogen-bond acceptors (Lipinski definition) is 7. The standard InChI is InChI=1S/C38H50N4O5S/c1-8-21-40(29-17-19-30(20-18-29)47-12-5)35(44)32-31-23-25(6)38(48-31)33(32)36(45)42(26(7)24-43)34(38)37(46)41(22-9-2)28-15-13-27(14-16-28)39(10-3)11-4/h8-9,13-20,25-26,31-34,43H,1-2,10-12,21-24H2,3-7H3/t25?,26-,31-,32+,33+,34?,38?/m1/s1. The average Bonchev–Trinajstić information content (AvgIpc) is 3.70. The van der Waals surface area contributed by atoms with Crippen molar-refractivity contribution in [2.24, 2.45) is 17.8 Å². The Morgan fingerprint density at radius 1 is 0.979 bits per heavy atom. The second-order valence-corrected chi connectivity index (χ2v) is 14.5. The van der Waals surface area contributed by atoms with Crippen molar-refractivity contribution in [2.75, 3.05) is 54.1 Å². The van der Waals surface area contributed by atoms with E-state index in [1.54, 1.807) is 45.5 Å². The number of nitrogens with zero attached hydrogens (tertiary/aromatic N) is 4. The first kappa shape index (κ1) is 35.5. The van der Waals surface area contributed by atoms with Crippen LogP contribution in [0.15, 0.2) is 73.8 Å². The third kappa shape index (κ3) is 5.91. The summed E-state index contributed by atoms with van der Waals surface area (Å²) < 4.78 is 4.78. The Hall–Kier alpha value is -3.76. The van der Waals surface area contributed by atoms with Crippen LogP contribution in [-0.4, -0.2) is 89.2 Å². The normalized spacial score (nSPS) is 26.2. The number of carbonyl (C=O) groups excluding carboxylic acids is 3. The molecule has 3 fully saturated rings. The molecule has 1 N–H and O–H groups in total. The minimum absolute atomic E-state index is 0.00991. The maximum Gasteiger partial charge on any atom is 0.251 e. The van der Waals surface area contributed by atoms with Crippen LogP contribution < -0.4 is 19.4 Å². The molecule has 0 radical (unpaired) electrons. The van der Waals surface area contributed by atoms with Crippen molar-refractivity contribution >= 4 is 46.5 Å². The lowest BCUT2D eigenvalue weighted by Gasteiger charge is -2.42. The summed E-state index contributed by atoms with van der Waals surface area (Å²) in [6.07, 6.45) is 4.09.